The monoisotopic (exact) mass is 315 g/mol. The van der Waals surface area contributed by atoms with Crippen molar-refractivity contribution >= 4 is 40.5 Å². The van der Waals surface area contributed by atoms with E-state index in [4.69, 9.17) is 23.2 Å². The van der Waals surface area contributed by atoms with E-state index in [1.807, 2.05) is 6.92 Å². The quantitative estimate of drug-likeness (QED) is 0.884. The average molecular weight is 316 g/mol. The van der Waals surface area contributed by atoms with E-state index < -0.39 is 5.97 Å². The van der Waals surface area contributed by atoms with Gasteiger partial charge in [0.05, 0.1) is 9.88 Å². The Labute approximate surface area is 124 Å². The lowest BCUT2D eigenvalue weighted by Crippen LogP contribution is -1.99. The predicted molar refractivity (Wildman–Crippen MR) is 78.5 cm³/mol. The van der Waals surface area contributed by atoms with Crippen molar-refractivity contribution in [2.45, 2.75) is 19.8 Å². The fraction of sp³-hybridized carbons (Fsp3) is 0.231. The zero-order valence-electron chi connectivity index (χ0n) is 10.1. The third kappa shape index (κ3) is 3.08. The first kappa shape index (κ1) is 14.3. The first-order chi connectivity index (χ1) is 9.02. The third-order valence-corrected chi connectivity index (χ3v) is 4.22. The highest BCUT2D eigenvalue weighted by Gasteiger charge is 2.20. The Bertz CT molecular complexity index is 625. The number of rotatable bonds is 4. The van der Waals surface area contributed by atoms with E-state index in [1.165, 1.54) is 11.3 Å². The minimum atomic E-state index is -1.05. The molecule has 0 aliphatic heterocycles. The maximum atomic E-state index is 11.3. The lowest BCUT2D eigenvalue weighted by atomic mass is 10.1. The number of carboxylic acid groups (broad SMARTS) is 1. The van der Waals surface area contributed by atoms with E-state index in [0.29, 0.717) is 20.5 Å². The van der Waals surface area contributed by atoms with E-state index in [9.17, 15) is 9.90 Å². The molecule has 19 heavy (non-hydrogen) atoms. The molecule has 2 aromatic rings. The van der Waals surface area contributed by atoms with Crippen molar-refractivity contribution in [1.29, 1.82) is 0 Å². The van der Waals surface area contributed by atoms with Gasteiger partial charge in [0, 0.05) is 15.6 Å². The fourth-order valence-corrected chi connectivity index (χ4v) is 3.31. The van der Waals surface area contributed by atoms with Crippen LogP contribution < -0.4 is 0 Å². The number of carbonyl (C=O) groups is 1. The molecule has 0 saturated heterocycles. The van der Waals surface area contributed by atoms with E-state index in [2.05, 4.69) is 4.98 Å². The molecule has 0 aliphatic carbocycles. The van der Waals surface area contributed by atoms with Gasteiger partial charge in [0.25, 0.3) is 0 Å². The highest BCUT2D eigenvalue weighted by Crippen LogP contribution is 2.37. The van der Waals surface area contributed by atoms with Crippen LogP contribution in [0.15, 0.2) is 18.2 Å². The molecule has 0 unspecified atom stereocenters. The van der Waals surface area contributed by atoms with Crippen molar-refractivity contribution in [3.8, 4) is 10.4 Å². The summed E-state index contributed by atoms with van der Waals surface area (Å²) in [5.41, 5.74) is 0.657. The van der Waals surface area contributed by atoms with Gasteiger partial charge in [-0.1, -0.05) is 30.1 Å². The molecule has 1 heterocycles. The predicted octanol–water partition coefficient (Wildman–Crippen LogP) is 4.77. The Morgan fingerprint density at radius 3 is 2.79 bits per heavy atom. The summed E-state index contributed by atoms with van der Waals surface area (Å²) in [6.07, 6.45) is 1.67. The number of benzene rings is 1. The first-order valence-corrected chi connectivity index (χ1v) is 7.28. The van der Waals surface area contributed by atoms with Crippen LogP contribution in [0.4, 0.5) is 0 Å². The van der Waals surface area contributed by atoms with E-state index in [1.54, 1.807) is 18.2 Å². The Morgan fingerprint density at radius 2 is 2.16 bits per heavy atom. The maximum absolute atomic E-state index is 11.3. The van der Waals surface area contributed by atoms with Gasteiger partial charge in [-0.05, 0) is 31.0 Å². The van der Waals surface area contributed by atoms with Gasteiger partial charge < -0.3 is 5.11 Å². The molecule has 0 radical (unpaired) electrons. The molecule has 0 aliphatic rings. The van der Waals surface area contributed by atoms with Crippen LogP contribution in [-0.4, -0.2) is 16.1 Å². The molecule has 0 atom stereocenters. The second kappa shape index (κ2) is 5.90. The van der Waals surface area contributed by atoms with E-state index in [-0.39, 0.29) is 5.69 Å². The highest BCUT2D eigenvalue weighted by atomic mass is 35.5. The molecule has 1 N–H and O–H groups in total. The number of hydrogen-bond donors (Lipinski definition) is 1. The number of aryl methyl sites for hydroxylation is 1. The maximum Gasteiger partial charge on any atom is 0.356 e. The molecule has 0 amide bonds. The SMILES string of the molecule is CCCc1nc(C(=O)O)c(-c2cc(Cl)ccc2Cl)s1. The fourth-order valence-electron chi connectivity index (χ4n) is 1.68. The number of thiazole rings is 1. The number of aromatic carboxylic acids is 1. The van der Waals surface area contributed by atoms with Gasteiger partial charge in [-0.25, -0.2) is 9.78 Å². The summed E-state index contributed by atoms with van der Waals surface area (Å²) >= 11 is 13.4. The molecular weight excluding hydrogens is 305 g/mol. The molecule has 6 heteroatoms. The van der Waals surface area contributed by atoms with Gasteiger partial charge in [-0.2, -0.15) is 0 Å². The minimum Gasteiger partial charge on any atom is -0.476 e. The average Bonchev–Trinajstić information content (AvgIpc) is 2.77. The Kier molecular flexibility index (Phi) is 4.45. The molecule has 0 bridgehead atoms. The number of halogens is 2. The molecule has 0 spiro atoms. The van der Waals surface area contributed by atoms with Crippen LogP contribution in [-0.2, 0) is 6.42 Å². The summed E-state index contributed by atoms with van der Waals surface area (Å²) < 4.78 is 0. The Morgan fingerprint density at radius 1 is 1.42 bits per heavy atom. The zero-order chi connectivity index (χ0) is 14.0. The van der Waals surface area contributed by atoms with Crippen LogP contribution in [0.3, 0.4) is 0 Å². The summed E-state index contributed by atoms with van der Waals surface area (Å²) in [5.74, 6) is -1.05. The zero-order valence-corrected chi connectivity index (χ0v) is 12.4. The molecule has 3 nitrogen and oxygen atoms in total. The number of nitrogens with zero attached hydrogens (tertiary/aromatic N) is 1. The van der Waals surface area contributed by atoms with Gasteiger partial charge in [0.15, 0.2) is 5.69 Å². The first-order valence-electron chi connectivity index (χ1n) is 5.71. The summed E-state index contributed by atoms with van der Waals surface area (Å²) in [7, 11) is 0. The Balaban J connectivity index is 2.59. The molecule has 2 rings (SSSR count). The minimum absolute atomic E-state index is 0.0395. The van der Waals surface area contributed by atoms with Crippen LogP contribution in [0, 0.1) is 0 Å². The van der Waals surface area contributed by atoms with Gasteiger partial charge in [0.1, 0.15) is 0 Å². The van der Waals surface area contributed by atoms with Crippen LogP contribution in [0.25, 0.3) is 10.4 Å². The molecule has 0 saturated carbocycles. The standard InChI is InChI=1S/C13H11Cl2NO2S/c1-2-3-10-16-11(13(17)18)12(19-10)8-6-7(14)4-5-9(8)15/h4-6H,2-3H2,1H3,(H,17,18). The third-order valence-electron chi connectivity index (χ3n) is 2.51. The van der Waals surface area contributed by atoms with Gasteiger partial charge in [-0.15, -0.1) is 11.3 Å². The molecule has 1 aromatic heterocycles. The van der Waals surface area contributed by atoms with E-state index in [0.717, 1.165) is 17.8 Å². The smallest absolute Gasteiger partial charge is 0.356 e. The van der Waals surface area contributed by atoms with Gasteiger partial charge >= 0.3 is 5.97 Å². The molecular formula is C13H11Cl2NO2S. The van der Waals surface area contributed by atoms with Gasteiger partial charge in [-0.3, -0.25) is 0 Å². The lowest BCUT2D eigenvalue weighted by molar-refractivity contribution is 0.0692. The molecule has 0 fully saturated rings. The van der Waals surface area contributed by atoms with Crippen molar-refractivity contribution < 1.29 is 9.90 Å². The number of carboxylic acids is 1. The lowest BCUT2D eigenvalue weighted by Gasteiger charge is -2.02. The van der Waals surface area contributed by atoms with Crippen LogP contribution in [0.5, 0.6) is 0 Å². The van der Waals surface area contributed by atoms with Crippen molar-refractivity contribution in [3.63, 3.8) is 0 Å². The van der Waals surface area contributed by atoms with Crippen molar-refractivity contribution in [2.75, 3.05) is 0 Å². The van der Waals surface area contributed by atoms with E-state index >= 15 is 0 Å². The number of aromatic nitrogens is 1. The summed E-state index contributed by atoms with van der Waals surface area (Å²) in [4.78, 5) is 16.0. The normalized spacial score (nSPS) is 10.7. The van der Waals surface area contributed by atoms with Crippen molar-refractivity contribution in [3.05, 3.63) is 38.9 Å². The van der Waals surface area contributed by atoms with Crippen molar-refractivity contribution in [2.24, 2.45) is 0 Å². The van der Waals surface area contributed by atoms with Crippen LogP contribution in [0.2, 0.25) is 10.0 Å². The summed E-state index contributed by atoms with van der Waals surface area (Å²) in [5, 5.41) is 11.0. The van der Waals surface area contributed by atoms with Crippen molar-refractivity contribution in [1.82, 2.24) is 4.98 Å². The Hall–Kier alpha value is -1.10. The number of hydrogen-bond acceptors (Lipinski definition) is 3. The highest BCUT2D eigenvalue weighted by molar-refractivity contribution is 7.15. The van der Waals surface area contributed by atoms with Crippen LogP contribution in [0.1, 0.15) is 28.8 Å². The summed E-state index contributed by atoms with van der Waals surface area (Å²) in [6, 6.07) is 4.99. The topological polar surface area (TPSA) is 50.2 Å². The second-order valence-electron chi connectivity index (χ2n) is 3.96. The second-order valence-corrected chi connectivity index (χ2v) is 5.89. The largest absolute Gasteiger partial charge is 0.476 e. The molecule has 100 valence electrons. The molecule has 1 aromatic carbocycles. The van der Waals surface area contributed by atoms with Crippen LogP contribution >= 0.6 is 34.5 Å². The van der Waals surface area contributed by atoms with Gasteiger partial charge in [0.2, 0.25) is 0 Å². The summed E-state index contributed by atoms with van der Waals surface area (Å²) in [6.45, 7) is 2.02.